The van der Waals surface area contributed by atoms with Crippen molar-refractivity contribution in [2.24, 2.45) is 0 Å². The van der Waals surface area contributed by atoms with Gasteiger partial charge in [-0.25, -0.2) is 0 Å². The van der Waals surface area contributed by atoms with Gasteiger partial charge in [-0.2, -0.15) is 0 Å². The minimum absolute atomic E-state index is 0.152. The Morgan fingerprint density at radius 1 is 1.00 bits per heavy atom. The molecule has 0 aliphatic heterocycles. The molecule has 0 rings (SSSR count). The monoisotopic (exact) mass is 274 g/mol. The first-order valence-corrected chi connectivity index (χ1v) is 7.28. The van der Waals surface area contributed by atoms with Crippen LogP contribution in [-0.2, 0) is 0 Å². The Morgan fingerprint density at radius 2 is 1.53 bits per heavy atom. The van der Waals surface area contributed by atoms with Gasteiger partial charge in [-0.3, -0.25) is 0 Å². The van der Waals surface area contributed by atoms with Crippen LogP contribution in [0, 0.1) is 0 Å². The second kappa shape index (κ2) is 9.66. The standard InChI is InChI=1S/C14H34N4O/c1-12(19)11-16-8-7-15-9-10-17-13(2)14(3,4)18(5)6/h12-13,15-17,19H,7-11H2,1-6H3. The molecule has 0 fully saturated rings. The third-order valence-corrected chi connectivity index (χ3v) is 3.88. The average Bonchev–Trinajstić information content (AvgIpc) is 2.31. The summed E-state index contributed by atoms with van der Waals surface area (Å²) < 4.78 is 0. The van der Waals surface area contributed by atoms with Gasteiger partial charge in [0, 0.05) is 44.3 Å². The first-order valence-electron chi connectivity index (χ1n) is 7.28. The van der Waals surface area contributed by atoms with Crippen LogP contribution < -0.4 is 16.0 Å². The fourth-order valence-electron chi connectivity index (χ4n) is 1.63. The van der Waals surface area contributed by atoms with Crippen LogP contribution >= 0.6 is 0 Å². The second-order valence-electron chi connectivity index (χ2n) is 6.03. The molecule has 2 unspecified atom stereocenters. The minimum Gasteiger partial charge on any atom is -0.392 e. The van der Waals surface area contributed by atoms with E-state index in [0.717, 1.165) is 26.2 Å². The van der Waals surface area contributed by atoms with E-state index in [-0.39, 0.29) is 11.6 Å². The van der Waals surface area contributed by atoms with Crippen LogP contribution in [0.15, 0.2) is 0 Å². The first-order chi connectivity index (χ1) is 8.78. The van der Waals surface area contributed by atoms with Gasteiger partial charge in [-0.1, -0.05) is 0 Å². The van der Waals surface area contributed by atoms with Crippen LogP contribution in [0.5, 0.6) is 0 Å². The summed E-state index contributed by atoms with van der Waals surface area (Å²) in [5, 5.41) is 19.2. The van der Waals surface area contributed by atoms with Crippen molar-refractivity contribution in [2.45, 2.75) is 45.4 Å². The zero-order valence-electron chi connectivity index (χ0n) is 13.6. The van der Waals surface area contributed by atoms with Gasteiger partial charge in [0.1, 0.15) is 0 Å². The normalized spacial score (nSPS) is 15.8. The molecule has 2 atom stereocenters. The number of likely N-dealkylation sites (N-methyl/N-ethyl adjacent to an activating group) is 1. The minimum atomic E-state index is -0.268. The SMILES string of the molecule is CC(O)CNCCNCCNC(C)C(C)(C)N(C)C. The molecule has 0 aliphatic carbocycles. The third kappa shape index (κ3) is 8.55. The fourth-order valence-corrected chi connectivity index (χ4v) is 1.63. The van der Waals surface area contributed by atoms with E-state index < -0.39 is 0 Å². The van der Waals surface area contributed by atoms with Crippen molar-refractivity contribution in [1.29, 1.82) is 0 Å². The maximum absolute atomic E-state index is 9.08. The van der Waals surface area contributed by atoms with Crippen molar-refractivity contribution in [3.63, 3.8) is 0 Å². The molecular formula is C14H34N4O. The molecule has 19 heavy (non-hydrogen) atoms. The third-order valence-electron chi connectivity index (χ3n) is 3.88. The Balaban J connectivity index is 3.49. The van der Waals surface area contributed by atoms with E-state index in [0.29, 0.717) is 12.6 Å². The molecule has 0 radical (unpaired) electrons. The zero-order chi connectivity index (χ0) is 14.9. The van der Waals surface area contributed by atoms with Crippen LogP contribution in [0.4, 0.5) is 0 Å². The summed E-state index contributed by atoms with van der Waals surface area (Å²) >= 11 is 0. The number of aliphatic hydroxyl groups is 1. The highest BCUT2D eigenvalue weighted by Gasteiger charge is 2.27. The van der Waals surface area contributed by atoms with Crippen LogP contribution in [0.1, 0.15) is 27.7 Å². The average molecular weight is 274 g/mol. The lowest BCUT2D eigenvalue weighted by atomic mass is 9.95. The highest BCUT2D eigenvalue weighted by Crippen LogP contribution is 2.14. The molecule has 0 saturated heterocycles. The number of hydrogen-bond donors (Lipinski definition) is 4. The molecule has 0 bridgehead atoms. The topological polar surface area (TPSA) is 59.6 Å². The van der Waals surface area contributed by atoms with Gasteiger partial charge in [-0.15, -0.1) is 0 Å². The lowest BCUT2D eigenvalue weighted by molar-refractivity contribution is 0.146. The van der Waals surface area contributed by atoms with Crippen molar-refractivity contribution < 1.29 is 5.11 Å². The second-order valence-corrected chi connectivity index (χ2v) is 6.03. The summed E-state index contributed by atoms with van der Waals surface area (Å²) in [5.74, 6) is 0. The predicted octanol–water partition coefficient (Wildman–Crippen LogP) is -0.135. The molecule has 0 amide bonds. The molecule has 0 aliphatic rings. The number of rotatable bonds is 11. The predicted molar refractivity (Wildman–Crippen MR) is 82.7 cm³/mol. The fraction of sp³-hybridized carbons (Fsp3) is 1.00. The Labute approximate surface area is 119 Å². The summed E-state index contributed by atoms with van der Waals surface area (Å²) in [6.07, 6.45) is -0.268. The summed E-state index contributed by atoms with van der Waals surface area (Å²) in [7, 11) is 4.23. The van der Waals surface area contributed by atoms with E-state index >= 15 is 0 Å². The van der Waals surface area contributed by atoms with Gasteiger partial charge < -0.3 is 26.0 Å². The zero-order valence-corrected chi connectivity index (χ0v) is 13.6. The van der Waals surface area contributed by atoms with Crippen LogP contribution in [0.2, 0.25) is 0 Å². The van der Waals surface area contributed by atoms with E-state index in [1.807, 2.05) is 0 Å². The van der Waals surface area contributed by atoms with Crippen LogP contribution in [-0.4, -0.2) is 74.5 Å². The molecule has 5 heteroatoms. The van der Waals surface area contributed by atoms with E-state index in [9.17, 15) is 0 Å². The maximum atomic E-state index is 9.08. The Hall–Kier alpha value is -0.200. The highest BCUT2D eigenvalue weighted by atomic mass is 16.3. The van der Waals surface area contributed by atoms with E-state index in [4.69, 9.17) is 5.11 Å². The molecule has 0 aromatic rings. The van der Waals surface area contributed by atoms with Crippen molar-refractivity contribution in [2.75, 3.05) is 46.8 Å². The van der Waals surface area contributed by atoms with Crippen molar-refractivity contribution in [3.8, 4) is 0 Å². The van der Waals surface area contributed by atoms with Crippen molar-refractivity contribution in [3.05, 3.63) is 0 Å². The summed E-state index contributed by atoms with van der Waals surface area (Å²) in [5.41, 5.74) is 0.152. The van der Waals surface area contributed by atoms with Gasteiger partial charge in [0.25, 0.3) is 0 Å². The quantitative estimate of drug-likeness (QED) is 0.395. The molecule has 0 aromatic heterocycles. The van der Waals surface area contributed by atoms with Gasteiger partial charge in [0.15, 0.2) is 0 Å². The van der Waals surface area contributed by atoms with Crippen molar-refractivity contribution >= 4 is 0 Å². The number of nitrogens with zero attached hydrogens (tertiary/aromatic N) is 1. The Morgan fingerprint density at radius 3 is 2.05 bits per heavy atom. The smallest absolute Gasteiger partial charge is 0.0636 e. The molecule has 4 N–H and O–H groups in total. The van der Waals surface area contributed by atoms with Gasteiger partial charge in [-0.05, 0) is 41.8 Å². The van der Waals surface area contributed by atoms with E-state index in [1.54, 1.807) is 6.92 Å². The number of aliphatic hydroxyl groups excluding tert-OH is 1. The molecule has 0 heterocycles. The van der Waals surface area contributed by atoms with Gasteiger partial charge >= 0.3 is 0 Å². The molecule has 0 aromatic carbocycles. The molecule has 0 spiro atoms. The number of nitrogens with one attached hydrogen (secondary N) is 3. The van der Waals surface area contributed by atoms with E-state index in [2.05, 4.69) is 55.7 Å². The van der Waals surface area contributed by atoms with Crippen LogP contribution in [0.3, 0.4) is 0 Å². The molecule has 116 valence electrons. The maximum Gasteiger partial charge on any atom is 0.0636 e. The summed E-state index contributed by atoms with van der Waals surface area (Å²) in [6, 6.07) is 0.442. The molecular weight excluding hydrogens is 240 g/mol. The largest absolute Gasteiger partial charge is 0.392 e. The first kappa shape index (κ1) is 18.8. The lowest BCUT2D eigenvalue weighted by Crippen LogP contribution is -2.54. The highest BCUT2D eigenvalue weighted by molar-refractivity contribution is 4.88. The molecule has 0 saturated carbocycles. The Kier molecular flexibility index (Phi) is 9.56. The van der Waals surface area contributed by atoms with Crippen LogP contribution in [0.25, 0.3) is 0 Å². The lowest BCUT2D eigenvalue weighted by Gasteiger charge is -2.38. The summed E-state index contributed by atoms with van der Waals surface area (Å²) in [6.45, 7) is 12.9. The van der Waals surface area contributed by atoms with E-state index in [1.165, 1.54) is 0 Å². The van der Waals surface area contributed by atoms with Gasteiger partial charge in [0.05, 0.1) is 6.10 Å². The summed E-state index contributed by atoms with van der Waals surface area (Å²) in [4.78, 5) is 2.25. The van der Waals surface area contributed by atoms with Gasteiger partial charge in [0.2, 0.25) is 0 Å². The Bertz CT molecular complexity index is 219. The molecule has 5 nitrogen and oxygen atoms in total. The number of hydrogen-bond acceptors (Lipinski definition) is 5. The van der Waals surface area contributed by atoms with Crippen molar-refractivity contribution in [1.82, 2.24) is 20.9 Å².